The molecule has 0 fully saturated rings. The van der Waals surface area contributed by atoms with Crippen LogP contribution in [0.2, 0.25) is 0 Å². The lowest BCUT2D eigenvalue weighted by Crippen LogP contribution is -2.30. The van der Waals surface area contributed by atoms with Crippen LogP contribution in [0.5, 0.6) is 0 Å². The average Bonchev–Trinajstić information content (AvgIpc) is 3.09. The quantitative estimate of drug-likeness (QED) is 0.786. The molecule has 2 rings (SSSR count). The van der Waals surface area contributed by atoms with E-state index in [-0.39, 0.29) is 11.2 Å². The fraction of sp³-hybridized carbons (Fsp3) is 0.529. The van der Waals surface area contributed by atoms with Gasteiger partial charge in [0.05, 0.1) is 23.8 Å². The number of carbonyl (C=O) groups is 1. The summed E-state index contributed by atoms with van der Waals surface area (Å²) in [5.41, 5.74) is 2.20. The van der Waals surface area contributed by atoms with Crippen LogP contribution >= 0.6 is 11.8 Å². The maximum Gasteiger partial charge on any atom is 0.233 e. The third-order valence-corrected chi connectivity index (χ3v) is 4.73. The second-order valence-corrected chi connectivity index (χ2v) is 7.43. The number of nitrogens with one attached hydrogen (secondary N) is 1. The van der Waals surface area contributed by atoms with Crippen LogP contribution in [0, 0.1) is 19.8 Å². The lowest BCUT2D eigenvalue weighted by Gasteiger charge is -2.15. The first kappa shape index (κ1) is 17.7. The number of hydrogen-bond donors (Lipinski definition) is 1. The Hall–Kier alpha value is -1.69. The standard InChI is InChI=1S/C17H25N3O2S/c1-11(2)10-20-13(4)12(3)19-17(20)23-14(5)16(21)18-9-15-7-6-8-22-15/h6-8,11,14H,9-10H2,1-5H3,(H,18,21)/t14-/m0/s1. The molecule has 6 heteroatoms. The number of carbonyl (C=O) groups excluding carboxylic acids is 1. The third kappa shape index (κ3) is 4.64. The van der Waals surface area contributed by atoms with Gasteiger partial charge in [0.25, 0.3) is 0 Å². The Balaban J connectivity index is 2.00. The molecule has 2 aromatic heterocycles. The molecule has 0 saturated carbocycles. The summed E-state index contributed by atoms with van der Waals surface area (Å²) in [6.07, 6.45) is 1.61. The Bertz CT molecular complexity index is 647. The molecular formula is C17H25N3O2S. The zero-order valence-corrected chi connectivity index (χ0v) is 15.2. The Morgan fingerprint density at radius 3 is 2.74 bits per heavy atom. The largest absolute Gasteiger partial charge is 0.467 e. The summed E-state index contributed by atoms with van der Waals surface area (Å²) in [5, 5.41) is 3.60. The molecule has 23 heavy (non-hydrogen) atoms. The number of aryl methyl sites for hydroxylation is 1. The topological polar surface area (TPSA) is 60.1 Å². The van der Waals surface area contributed by atoms with Crippen molar-refractivity contribution >= 4 is 17.7 Å². The second kappa shape index (κ2) is 7.73. The number of hydrogen-bond acceptors (Lipinski definition) is 4. The molecule has 126 valence electrons. The molecule has 0 saturated heterocycles. The van der Waals surface area contributed by atoms with Gasteiger partial charge in [0, 0.05) is 12.2 Å². The fourth-order valence-corrected chi connectivity index (χ4v) is 3.27. The Kier molecular flexibility index (Phi) is 5.93. The van der Waals surface area contributed by atoms with Crippen LogP contribution in [-0.2, 0) is 17.9 Å². The van der Waals surface area contributed by atoms with Gasteiger partial charge in [0.15, 0.2) is 5.16 Å². The first-order chi connectivity index (χ1) is 10.9. The first-order valence-electron chi connectivity index (χ1n) is 7.89. The molecule has 5 nitrogen and oxygen atoms in total. The highest BCUT2D eigenvalue weighted by molar-refractivity contribution is 8.00. The van der Waals surface area contributed by atoms with Crippen molar-refractivity contribution in [2.75, 3.05) is 0 Å². The molecule has 1 N–H and O–H groups in total. The normalized spacial score (nSPS) is 12.6. The zero-order valence-electron chi connectivity index (χ0n) is 14.4. The summed E-state index contributed by atoms with van der Waals surface area (Å²) in [6, 6.07) is 3.66. The van der Waals surface area contributed by atoms with Crippen molar-refractivity contribution in [1.82, 2.24) is 14.9 Å². The monoisotopic (exact) mass is 335 g/mol. The van der Waals surface area contributed by atoms with E-state index in [9.17, 15) is 4.79 Å². The van der Waals surface area contributed by atoms with Crippen molar-refractivity contribution in [1.29, 1.82) is 0 Å². The Morgan fingerprint density at radius 2 is 2.13 bits per heavy atom. The molecule has 2 heterocycles. The molecule has 0 aliphatic heterocycles. The molecule has 0 unspecified atom stereocenters. The molecule has 0 bridgehead atoms. The van der Waals surface area contributed by atoms with E-state index < -0.39 is 0 Å². The van der Waals surface area contributed by atoms with Crippen LogP contribution in [-0.4, -0.2) is 20.7 Å². The van der Waals surface area contributed by atoms with E-state index >= 15 is 0 Å². The van der Waals surface area contributed by atoms with Crippen molar-refractivity contribution < 1.29 is 9.21 Å². The van der Waals surface area contributed by atoms with E-state index in [4.69, 9.17) is 4.42 Å². The minimum atomic E-state index is -0.211. The minimum absolute atomic E-state index is 0.0131. The number of furan rings is 1. The predicted molar refractivity (Wildman–Crippen MR) is 92.4 cm³/mol. The van der Waals surface area contributed by atoms with Crippen molar-refractivity contribution in [3.8, 4) is 0 Å². The molecular weight excluding hydrogens is 310 g/mol. The summed E-state index contributed by atoms with van der Waals surface area (Å²) in [4.78, 5) is 16.9. The smallest absolute Gasteiger partial charge is 0.233 e. The van der Waals surface area contributed by atoms with Gasteiger partial charge in [-0.15, -0.1) is 0 Å². The highest BCUT2D eigenvalue weighted by Gasteiger charge is 2.20. The number of thioether (sulfide) groups is 1. The van der Waals surface area contributed by atoms with Crippen LogP contribution in [0.3, 0.4) is 0 Å². The maximum absolute atomic E-state index is 12.3. The summed E-state index contributed by atoms with van der Waals surface area (Å²) in [6.45, 7) is 11.7. The number of aromatic nitrogens is 2. The van der Waals surface area contributed by atoms with Gasteiger partial charge in [-0.25, -0.2) is 4.98 Å². The van der Waals surface area contributed by atoms with Crippen molar-refractivity contribution in [2.24, 2.45) is 5.92 Å². The van der Waals surface area contributed by atoms with Gasteiger partial charge in [-0.05, 0) is 38.8 Å². The summed E-state index contributed by atoms with van der Waals surface area (Å²) in [7, 11) is 0. The van der Waals surface area contributed by atoms with Gasteiger partial charge in [-0.3, -0.25) is 4.79 Å². The Morgan fingerprint density at radius 1 is 1.39 bits per heavy atom. The number of imidazole rings is 1. The van der Waals surface area contributed by atoms with Gasteiger partial charge in [-0.1, -0.05) is 25.6 Å². The fourth-order valence-electron chi connectivity index (χ4n) is 2.24. The lowest BCUT2D eigenvalue weighted by atomic mass is 10.2. The number of amides is 1. The summed E-state index contributed by atoms with van der Waals surface area (Å²) < 4.78 is 7.44. The highest BCUT2D eigenvalue weighted by atomic mass is 32.2. The number of rotatable bonds is 7. The second-order valence-electron chi connectivity index (χ2n) is 6.13. The van der Waals surface area contributed by atoms with Crippen LogP contribution < -0.4 is 5.32 Å². The molecule has 1 amide bonds. The van der Waals surface area contributed by atoms with Crippen LogP contribution in [0.15, 0.2) is 28.0 Å². The van der Waals surface area contributed by atoms with Crippen molar-refractivity contribution in [3.63, 3.8) is 0 Å². The van der Waals surface area contributed by atoms with E-state index in [2.05, 4.69) is 35.6 Å². The van der Waals surface area contributed by atoms with E-state index in [0.717, 1.165) is 23.2 Å². The molecule has 0 aliphatic carbocycles. The summed E-state index contributed by atoms with van der Waals surface area (Å²) >= 11 is 1.50. The summed E-state index contributed by atoms with van der Waals surface area (Å²) in [5.74, 6) is 1.27. The molecule has 0 radical (unpaired) electrons. The average molecular weight is 335 g/mol. The minimum Gasteiger partial charge on any atom is -0.467 e. The molecule has 1 atom stereocenters. The molecule has 0 spiro atoms. The molecule has 2 aromatic rings. The van der Waals surface area contributed by atoms with Crippen LogP contribution in [0.4, 0.5) is 0 Å². The van der Waals surface area contributed by atoms with Crippen LogP contribution in [0.1, 0.15) is 37.9 Å². The van der Waals surface area contributed by atoms with Crippen molar-refractivity contribution in [2.45, 2.75) is 58.1 Å². The third-order valence-electron chi connectivity index (χ3n) is 3.64. The van der Waals surface area contributed by atoms with Gasteiger partial charge >= 0.3 is 0 Å². The maximum atomic E-state index is 12.3. The van der Waals surface area contributed by atoms with E-state index in [0.29, 0.717) is 12.5 Å². The van der Waals surface area contributed by atoms with Crippen LogP contribution in [0.25, 0.3) is 0 Å². The van der Waals surface area contributed by atoms with Gasteiger partial charge < -0.3 is 14.3 Å². The van der Waals surface area contributed by atoms with Gasteiger partial charge in [0.2, 0.25) is 5.91 Å². The van der Waals surface area contributed by atoms with Gasteiger partial charge in [0.1, 0.15) is 5.76 Å². The highest BCUT2D eigenvalue weighted by Crippen LogP contribution is 2.26. The lowest BCUT2D eigenvalue weighted by molar-refractivity contribution is -0.120. The Labute approximate surface area is 141 Å². The first-order valence-corrected chi connectivity index (χ1v) is 8.77. The van der Waals surface area contributed by atoms with Crippen molar-refractivity contribution in [3.05, 3.63) is 35.5 Å². The van der Waals surface area contributed by atoms with Gasteiger partial charge in [-0.2, -0.15) is 0 Å². The SMILES string of the molecule is Cc1nc(S[C@@H](C)C(=O)NCc2ccco2)n(CC(C)C)c1C. The molecule has 0 aromatic carbocycles. The van der Waals surface area contributed by atoms with E-state index in [1.165, 1.54) is 17.5 Å². The zero-order chi connectivity index (χ0) is 17.0. The number of nitrogens with zero attached hydrogens (tertiary/aromatic N) is 2. The predicted octanol–water partition coefficient (Wildman–Crippen LogP) is 3.55. The van der Waals surface area contributed by atoms with E-state index in [1.807, 2.05) is 26.0 Å². The molecule has 0 aliphatic rings. The van der Waals surface area contributed by atoms with E-state index in [1.54, 1.807) is 6.26 Å².